The fourth-order valence-corrected chi connectivity index (χ4v) is 3.01. The maximum absolute atomic E-state index is 14.6. The molecule has 0 radical (unpaired) electrons. The summed E-state index contributed by atoms with van der Waals surface area (Å²) < 4.78 is 53.7. The van der Waals surface area contributed by atoms with Gasteiger partial charge in [0.25, 0.3) is 0 Å². The second-order valence-corrected chi connectivity index (χ2v) is 6.73. The number of ether oxygens (including phenoxy) is 2. The molecular formula is C24H23F3O2. The first-order chi connectivity index (χ1) is 13.9. The van der Waals surface area contributed by atoms with E-state index in [-0.39, 0.29) is 17.1 Å². The van der Waals surface area contributed by atoms with Crippen LogP contribution in [0.15, 0.2) is 66.7 Å². The van der Waals surface area contributed by atoms with E-state index in [0.29, 0.717) is 29.7 Å². The van der Waals surface area contributed by atoms with E-state index in [9.17, 15) is 13.2 Å². The molecule has 0 aliphatic heterocycles. The second-order valence-electron chi connectivity index (χ2n) is 6.73. The van der Waals surface area contributed by atoms with Crippen molar-refractivity contribution in [3.05, 3.63) is 83.7 Å². The summed E-state index contributed by atoms with van der Waals surface area (Å²) in [7, 11) is 0. The highest BCUT2D eigenvalue weighted by Crippen LogP contribution is 2.34. The SMILES string of the molecule is C/C=C/COc1ccc(C(F)(F)Oc2ccc3cc(CCC)c(F)cc3c2)cc1. The lowest BCUT2D eigenvalue weighted by atomic mass is 10.0. The molecule has 0 unspecified atom stereocenters. The molecule has 0 aromatic heterocycles. The number of allylic oxidation sites excluding steroid dienone is 1. The summed E-state index contributed by atoms with van der Waals surface area (Å²) in [5, 5.41) is 1.30. The summed E-state index contributed by atoms with van der Waals surface area (Å²) in [6.07, 6.45) is 1.59. The van der Waals surface area contributed by atoms with Gasteiger partial charge in [0.15, 0.2) is 0 Å². The molecule has 0 aliphatic carbocycles. The lowest BCUT2D eigenvalue weighted by Gasteiger charge is -2.19. The highest BCUT2D eigenvalue weighted by atomic mass is 19.3. The van der Waals surface area contributed by atoms with Crippen LogP contribution in [0.1, 0.15) is 31.4 Å². The maximum atomic E-state index is 14.6. The van der Waals surface area contributed by atoms with Gasteiger partial charge in [-0.3, -0.25) is 0 Å². The average molecular weight is 400 g/mol. The Kier molecular flexibility index (Phi) is 6.47. The number of rotatable bonds is 8. The third-order valence-corrected chi connectivity index (χ3v) is 4.51. The molecule has 0 saturated carbocycles. The van der Waals surface area contributed by atoms with Crippen molar-refractivity contribution in [2.75, 3.05) is 6.61 Å². The molecule has 0 atom stereocenters. The zero-order chi connectivity index (χ0) is 20.9. The van der Waals surface area contributed by atoms with Crippen molar-refractivity contribution in [2.24, 2.45) is 0 Å². The molecule has 0 aliphatic rings. The largest absolute Gasteiger partial charge is 0.490 e. The van der Waals surface area contributed by atoms with Crippen molar-refractivity contribution in [1.82, 2.24) is 0 Å². The van der Waals surface area contributed by atoms with Crippen molar-refractivity contribution >= 4 is 10.8 Å². The lowest BCUT2D eigenvalue weighted by Crippen LogP contribution is -2.21. The summed E-state index contributed by atoms with van der Waals surface area (Å²) >= 11 is 0. The Labute approximate surface area is 168 Å². The van der Waals surface area contributed by atoms with Gasteiger partial charge >= 0.3 is 6.11 Å². The highest BCUT2D eigenvalue weighted by molar-refractivity contribution is 5.84. The minimum atomic E-state index is -3.53. The predicted molar refractivity (Wildman–Crippen MR) is 109 cm³/mol. The molecule has 0 amide bonds. The fourth-order valence-electron chi connectivity index (χ4n) is 3.01. The molecule has 0 fully saturated rings. The minimum Gasteiger partial charge on any atom is -0.490 e. The number of aryl methyl sites for hydroxylation is 1. The van der Waals surface area contributed by atoms with Crippen molar-refractivity contribution in [3.8, 4) is 11.5 Å². The number of benzene rings is 3. The Hall–Kier alpha value is -2.95. The van der Waals surface area contributed by atoms with Crippen molar-refractivity contribution < 1.29 is 22.6 Å². The Morgan fingerprint density at radius 1 is 0.931 bits per heavy atom. The van der Waals surface area contributed by atoms with Crippen LogP contribution in [0.2, 0.25) is 0 Å². The van der Waals surface area contributed by atoms with E-state index in [1.165, 1.54) is 42.5 Å². The number of hydrogen-bond acceptors (Lipinski definition) is 2. The zero-order valence-electron chi connectivity index (χ0n) is 16.4. The van der Waals surface area contributed by atoms with Crippen LogP contribution in [0.25, 0.3) is 10.8 Å². The van der Waals surface area contributed by atoms with E-state index in [1.54, 1.807) is 12.1 Å². The van der Waals surface area contributed by atoms with E-state index in [2.05, 4.69) is 0 Å². The second kappa shape index (κ2) is 9.03. The standard InChI is InChI=1S/C24H23F3O2/c1-3-5-13-28-21-11-8-20(9-12-21)24(26,27)29-22-10-7-17-14-18(6-4-2)23(25)16-19(17)15-22/h3,5,7-12,14-16H,4,6,13H2,1-2H3/b5-3+. The first kappa shape index (κ1) is 20.8. The van der Waals surface area contributed by atoms with Gasteiger partial charge in [0.05, 0.1) is 5.56 Å². The van der Waals surface area contributed by atoms with Gasteiger partial charge in [-0.05, 0) is 78.2 Å². The molecule has 3 aromatic carbocycles. The third kappa shape index (κ3) is 5.11. The van der Waals surface area contributed by atoms with Crippen LogP contribution in [0.4, 0.5) is 13.2 Å². The predicted octanol–water partition coefficient (Wildman–Crippen LogP) is 7.01. The van der Waals surface area contributed by atoms with E-state index in [4.69, 9.17) is 9.47 Å². The van der Waals surface area contributed by atoms with Crippen molar-refractivity contribution in [1.29, 1.82) is 0 Å². The number of halogens is 3. The lowest BCUT2D eigenvalue weighted by molar-refractivity contribution is -0.185. The Morgan fingerprint density at radius 3 is 2.34 bits per heavy atom. The van der Waals surface area contributed by atoms with Crippen LogP contribution in [-0.2, 0) is 12.5 Å². The molecule has 152 valence electrons. The van der Waals surface area contributed by atoms with Crippen LogP contribution in [0, 0.1) is 5.82 Å². The Bertz CT molecular complexity index is 995. The molecule has 3 rings (SSSR count). The molecule has 0 saturated heterocycles. The van der Waals surface area contributed by atoms with Gasteiger partial charge in [0.1, 0.15) is 23.9 Å². The minimum absolute atomic E-state index is 0.0291. The number of alkyl halides is 2. The monoisotopic (exact) mass is 400 g/mol. The normalized spacial score (nSPS) is 11.9. The molecule has 5 heteroatoms. The summed E-state index contributed by atoms with van der Waals surface area (Å²) in [6, 6.07) is 13.2. The molecule has 0 heterocycles. The molecule has 29 heavy (non-hydrogen) atoms. The first-order valence-electron chi connectivity index (χ1n) is 9.56. The van der Waals surface area contributed by atoms with E-state index in [0.717, 1.165) is 11.8 Å². The van der Waals surface area contributed by atoms with Gasteiger partial charge in [-0.15, -0.1) is 0 Å². The average Bonchev–Trinajstić information content (AvgIpc) is 2.69. The van der Waals surface area contributed by atoms with Crippen LogP contribution < -0.4 is 9.47 Å². The topological polar surface area (TPSA) is 18.5 Å². The summed E-state index contributed by atoms with van der Waals surface area (Å²) in [4.78, 5) is 0. The quantitative estimate of drug-likeness (QED) is 0.379. The van der Waals surface area contributed by atoms with Gasteiger partial charge in [-0.2, -0.15) is 8.78 Å². The Balaban J connectivity index is 1.78. The van der Waals surface area contributed by atoms with Crippen LogP contribution in [-0.4, -0.2) is 6.61 Å². The molecule has 0 bridgehead atoms. The summed E-state index contributed by atoms with van der Waals surface area (Å²) in [5.41, 5.74) is 0.330. The van der Waals surface area contributed by atoms with Crippen LogP contribution in [0.3, 0.4) is 0 Å². The van der Waals surface area contributed by atoms with E-state index >= 15 is 0 Å². The van der Waals surface area contributed by atoms with Crippen LogP contribution >= 0.6 is 0 Å². The maximum Gasteiger partial charge on any atom is 0.426 e. The zero-order valence-corrected chi connectivity index (χ0v) is 16.4. The molecule has 0 spiro atoms. The summed E-state index contributed by atoms with van der Waals surface area (Å²) in [6.45, 7) is 4.22. The van der Waals surface area contributed by atoms with Gasteiger partial charge in [0.2, 0.25) is 0 Å². The number of fused-ring (bicyclic) bond motifs is 1. The Morgan fingerprint density at radius 2 is 1.66 bits per heavy atom. The van der Waals surface area contributed by atoms with Gasteiger partial charge < -0.3 is 9.47 Å². The third-order valence-electron chi connectivity index (χ3n) is 4.51. The molecular weight excluding hydrogens is 377 g/mol. The van der Waals surface area contributed by atoms with Gasteiger partial charge in [0, 0.05) is 0 Å². The summed E-state index contributed by atoms with van der Waals surface area (Å²) in [5.74, 6) is 0.127. The smallest absolute Gasteiger partial charge is 0.426 e. The fraction of sp³-hybridized carbons (Fsp3) is 0.250. The highest BCUT2D eigenvalue weighted by Gasteiger charge is 2.34. The van der Waals surface area contributed by atoms with E-state index < -0.39 is 6.11 Å². The van der Waals surface area contributed by atoms with Gasteiger partial charge in [-0.25, -0.2) is 4.39 Å². The molecule has 2 nitrogen and oxygen atoms in total. The van der Waals surface area contributed by atoms with E-state index in [1.807, 2.05) is 26.0 Å². The van der Waals surface area contributed by atoms with Crippen molar-refractivity contribution in [3.63, 3.8) is 0 Å². The number of hydrogen-bond donors (Lipinski definition) is 0. The van der Waals surface area contributed by atoms with Crippen molar-refractivity contribution in [2.45, 2.75) is 32.8 Å². The molecule has 0 N–H and O–H groups in total. The first-order valence-corrected chi connectivity index (χ1v) is 9.56. The van der Waals surface area contributed by atoms with Gasteiger partial charge in [-0.1, -0.05) is 31.6 Å². The molecule has 3 aromatic rings. The van der Waals surface area contributed by atoms with Crippen LogP contribution in [0.5, 0.6) is 11.5 Å².